The number of carbonyl (C=O) groups excluding carboxylic acids is 1. The van der Waals surface area contributed by atoms with Gasteiger partial charge in [-0.1, -0.05) is 23.7 Å². The summed E-state index contributed by atoms with van der Waals surface area (Å²) in [6.07, 6.45) is 0. The first kappa shape index (κ1) is 16.9. The van der Waals surface area contributed by atoms with E-state index < -0.39 is 5.91 Å². The Kier molecular flexibility index (Phi) is 4.34. The zero-order valence-electron chi connectivity index (χ0n) is 14.6. The van der Waals surface area contributed by atoms with Crippen molar-refractivity contribution >= 4 is 34.1 Å². The number of likely N-dealkylation sites (N-methyl/N-ethyl adjacent to an activating group) is 1. The Labute approximate surface area is 157 Å². The van der Waals surface area contributed by atoms with Gasteiger partial charge in [0.25, 0.3) is 5.91 Å². The van der Waals surface area contributed by atoms with E-state index in [-0.39, 0.29) is 0 Å². The molecule has 0 aliphatic carbocycles. The standard InChI is InChI=1S/C20H21ClN4O/c1-24-8-10-25(11-9-24)15-5-2-13(3-6-15)18-16-12-14(21)4-7-17(16)23-19(18)20(22)26/h2-7,12,23H,8-11H2,1H3,(H2,22,26). The Morgan fingerprint density at radius 3 is 2.42 bits per heavy atom. The number of aromatic nitrogens is 1. The van der Waals surface area contributed by atoms with E-state index >= 15 is 0 Å². The summed E-state index contributed by atoms with van der Waals surface area (Å²) in [5, 5.41) is 1.53. The minimum atomic E-state index is -0.476. The van der Waals surface area contributed by atoms with Gasteiger partial charge in [0.15, 0.2) is 0 Å². The number of halogens is 1. The lowest BCUT2D eigenvalue weighted by atomic mass is 10.0. The van der Waals surface area contributed by atoms with E-state index in [4.69, 9.17) is 17.3 Å². The maximum atomic E-state index is 11.9. The molecule has 1 amide bonds. The molecule has 26 heavy (non-hydrogen) atoms. The molecular formula is C20H21ClN4O. The Bertz CT molecular complexity index is 956. The molecule has 2 aromatic carbocycles. The van der Waals surface area contributed by atoms with Gasteiger partial charge in [0.1, 0.15) is 5.69 Å². The predicted molar refractivity (Wildman–Crippen MR) is 107 cm³/mol. The van der Waals surface area contributed by atoms with Crippen LogP contribution in [0.3, 0.4) is 0 Å². The molecule has 1 aliphatic heterocycles. The van der Waals surface area contributed by atoms with Gasteiger partial charge in [0, 0.05) is 53.4 Å². The molecule has 0 saturated carbocycles. The van der Waals surface area contributed by atoms with Crippen LogP contribution >= 0.6 is 11.6 Å². The molecule has 6 heteroatoms. The zero-order valence-corrected chi connectivity index (χ0v) is 15.4. The first-order valence-corrected chi connectivity index (χ1v) is 9.05. The number of nitrogens with one attached hydrogen (secondary N) is 1. The van der Waals surface area contributed by atoms with Crippen molar-refractivity contribution in [1.29, 1.82) is 0 Å². The van der Waals surface area contributed by atoms with Crippen molar-refractivity contribution in [2.24, 2.45) is 5.73 Å². The minimum Gasteiger partial charge on any atom is -0.369 e. The van der Waals surface area contributed by atoms with Gasteiger partial charge in [0.05, 0.1) is 0 Å². The molecule has 1 aliphatic rings. The van der Waals surface area contributed by atoms with Crippen molar-refractivity contribution in [3.05, 3.63) is 53.2 Å². The van der Waals surface area contributed by atoms with Crippen LogP contribution in [0.1, 0.15) is 10.5 Å². The number of H-pyrrole nitrogens is 1. The van der Waals surface area contributed by atoms with Crippen molar-refractivity contribution in [3.8, 4) is 11.1 Å². The Morgan fingerprint density at radius 2 is 1.77 bits per heavy atom. The van der Waals surface area contributed by atoms with Crippen LogP contribution in [0.25, 0.3) is 22.0 Å². The van der Waals surface area contributed by atoms with E-state index in [9.17, 15) is 4.79 Å². The summed E-state index contributed by atoms with van der Waals surface area (Å²) in [6, 6.07) is 13.8. The van der Waals surface area contributed by atoms with E-state index in [1.165, 1.54) is 5.69 Å². The van der Waals surface area contributed by atoms with Crippen molar-refractivity contribution in [1.82, 2.24) is 9.88 Å². The molecule has 0 bridgehead atoms. The quantitative estimate of drug-likeness (QED) is 0.745. The molecule has 0 radical (unpaired) electrons. The van der Waals surface area contributed by atoms with Crippen LogP contribution < -0.4 is 10.6 Å². The summed E-state index contributed by atoms with van der Waals surface area (Å²) < 4.78 is 0. The molecule has 3 aromatic rings. The maximum absolute atomic E-state index is 11.9. The molecule has 2 heterocycles. The van der Waals surface area contributed by atoms with Crippen LogP contribution in [-0.4, -0.2) is 49.0 Å². The normalized spacial score (nSPS) is 15.5. The highest BCUT2D eigenvalue weighted by Gasteiger charge is 2.19. The molecule has 3 N–H and O–H groups in total. The summed E-state index contributed by atoms with van der Waals surface area (Å²) in [7, 11) is 2.15. The van der Waals surface area contributed by atoms with Gasteiger partial charge in [0.2, 0.25) is 0 Å². The van der Waals surface area contributed by atoms with Gasteiger partial charge in [-0.05, 0) is 42.9 Å². The van der Waals surface area contributed by atoms with Crippen molar-refractivity contribution < 1.29 is 4.79 Å². The Hall–Kier alpha value is -2.50. The van der Waals surface area contributed by atoms with E-state index in [2.05, 4.69) is 34.0 Å². The summed E-state index contributed by atoms with van der Waals surface area (Å²) in [6.45, 7) is 4.17. The molecule has 0 unspecified atom stereocenters. The van der Waals surface area contributed by atoms with Gasteiger partial charge >= 0.3 is 0 Å². The third kappa shape index (κ3) is 3.04. The second-order valence-corrected chi connectivity index (χ2v) is 7.20. The van der Waals surface area contributed by atoms with Crippen LogP contribution in [0.2, 0.25) is 5.02 Å². The lowest BCUT2D eigenvalue weighted by Crippen LogP contribution is -2.44. The number of hydrogen-bond acceptors (Lipinski definition) is 3. The van der Waals surface area contributed by atoms with Gasteiger partial charge < -0.3 is 20.5 Å². The van der Waals surface area contributed by atoms with Gasteiger partial charge in [-0.25, -0.2) is 0 Å². The molecule has 1 fully saturated rings. The number of fused-ring (bicyclic) bond motifs is 1. The molecule has 4 rings (SSSR count). The van der Waals surface area contributed by atoms with Crippen LogP contribution in [0.5, 0.6) is 0 Å². The third-order valence-corrected chi connectivity index (χ3v) is 5.27. The number of piperazine rings is 1. The lowest BCUT2D eigenvalue weighted by molar-refractivity contribution is 0.0997. The number of aromatic amines is 1. The fourth-order valence-corrected chi connectivity index (χ4v) is 3.72. The third-order valence-electron chi connectivity index (χ3n) is 5.03. The topological polar surface area (TPSA) is 65.4 Å². The van der Waals surface area contributed by atoms with E-state index in [1.54, 1.807) is 6.07 Å². The van der Waals surface area contributed by atoms with Gasteiger partial charge in [-0.3, -0.25) is 4.79 Å². The van der Waals surface area contributed by atoms with Crippen molar-refractivity contribution in [3.63, 3.8) is 0 Å². The summed E-state index contributed by atoms with van der Waals surface area (Å²) in [5.74, 6) is -0.476. The van der Waals surface area contributed by atoms with Crippen LogP contribution in [0.15, 0.2) is 42.5 Å². The molecule has 1 aromatic heterocycles. The molecule has 5 nitrogen and oxygen atoms in total. The molecule has 0 atom stereocenters. The van der Waals surface area contributed by atoms with Gasteiger partial charge in [-0.2, -0.15) is 0 Å². The number of primary amides is 1. The number of nitrogens with zero attached hydrogens (tertiary/aromatic N) is 2. The first-order valence-electron chi connectivity index (χ1n) is 8.68. The number of nitrogens with two attached hydrogens (primary N) is 1. The van der Waals surface area contributed by atoms with Crippen molar-refractivity contribution in [2.75, 3.05) is 38.1 Å². The maximum Gasteiger partial charge on any atom is 0.265 e. The predicted octanol–water partition coefficient (Wildman–Crippen LogP) is 3.34. The average Bonchev–Trinajstić information content (AvgIpc) is 3.01. The highest BCUT2D eigenvalue weighted by atomic mass is 35.5. The highest BCUT2D eigenvalue weighted by Crippen LogP contribution is 2.35. The largest absolute Gasteiger partial charge is 0.369 e. The fourth-order valence-electron chi connectivity index (χ4n) is 3.55. The second-order valence-electron chi connectivity index (χ2n) is 6.77. The zero-order chi connectivity index (χ0) is 18.3. The number of carbonyl (C=O) groups is 1. The molecule has 134 valence electrons. The van der Waals surface area contributed by atoms with Crippen molar-refractivity contribution in [2.45, 2.75) is 0 Å². The summed E-state index contributed by atoms with van der Waals surface area (Å²) in [5.41, 5.74) is 9.81. The minimum absolute atomic E-state index is 0.412. The lowest BCUT2D eigenvalue weighted by Gasteiger charge is -2.34. The highest BCUT2D eigenvalue weighted by molar-refractivity contribution is 6.31. The monoisotopic (exact) mass is 368 g/mol. The fraction of sp³-hybridized carbons (Fsp3) is 0.250. The summed E-state index contributed by atoms with van der Waals surface area (Å²) >= 11 is 6.16. The summed E-state index contributed by atoms with van der Waals surface area (Å²) in [4.78, 5) is 19.8. The number of hydrogen-bond donors (Lipinski definition) is 2. The molecular weight excluding hydrogens is 348 g/mol. The molecule has 1 saturated heterocycles. The van der Waals surface area contributed by atoms with E-state index in [0.29, 0.717) is 10.7 Å². The van der Waals surface area contributed by atoms with Crippen LogP contribution in [0, 0.1) is 0 Å². The Balaban J connectivity index is 1.74. The number of rotatable bonds is 3. The average molecular weight is 369 g/mol. The van der Waals surface area contributed by atoms with Gasteiger partial charge in [-0.15, -0.1) is 0 Å². The van der Waals surface area contributed by atoms with Crippen LogP contribution in [-0.2, 0) is 0 Å². The smallest absolute Gasteiger partial charge is 0.265 e. The van der Waals surface area contributed by atoms with Crippen LogP contribution in [0.4, 0.5) is 5.69 Å². The first-order chi connectivity index (χ1) is 12.5. The number of anilines is 1. The number of amides is 1. The molecule has 0 spiro atoms. The Morgan fingerprint density at radius 1 is 1.08 bits per heavy atom. The second kappa shape index (κ2) is 6.67. The SMILES string of the molecule is CN1CCN(c2ccc(-c3c(C(N)=O)[nH]c4ccc(Cl)cc34)cc2)CC1. The number of benzene rings is 2. The van der Waals surface area contributed by atoms with E-state index in [0.717, 1.165) is 48.2 Å². The van der Waals surface area contributed by atoms with E-state index in [1.807, 2.05) is 24.3 Å².